The molecule has 0 aliphatic heterocycles. The Labute approximate surface area is 119 Å². The zero-order valence-corrected chi connectivity index (χ0v) is 13.5. The molecular formula is C18H30O. The van der Waals surface area contributed by atoms with Gasteiger partial charge in [-0.2, -0.15) is 0 Å². The second-order valence-corrected chi connectivity index (χ2v) is 6.94. The number of unbranched alkanes of at least 4 members (excludes halogenated alkanes) is 2. The summed E-state index contributed by atoms with van der Waals surface area (Å²) in [6.45, 7) is 13.0. The smallest absolute Gasteiger partial charge is 0.122 e. The lowest BCUT2D eigenvalue weighted by Gasteiger charge is -2.24. The fourth-order valence-corrected chi connectivity index (χ4v) is 2.45. The summed E-state index contributed by atoms with van der Waals surface area (Å²) in [6, 6.07) is 4.40. The fraction of sp³-hybridized carbons (Fsp3) is 0.667. The van der Waals surface area contributed by atoms with E-state index >= 15 is 0 Å². The van der Waals surface area contributed by atoms with E-state index in [4.69, 9.17) is 0 Å². The summed E-state index contributed by atoms with van der Waals surface area (Å²) < 4.78 is 0. The van der Waals surface area contributed by atoms with E-state index in [-0.39, 0.29) is 5.41 Å². The van der Waals surface area contributed by atoms with Gasteiger partial charge in [-0.25, -0.2) is 0 Å². The topological polar surface area (TPSA) is 20.2 Å². The highest BCUT2D eigenvalue weighted by Crippen LogP contribution is 2.37. The van der Waals surface area contributed by atoms with Gasteiger partial charge in [0.05, 0.1) is 0 Å². The van der Waals surface area contributed by atoms with E-state index in [0.29, 0.717) is 11.7 Å². The number of phenolic OH excluding ortho intramolecular Hbond substituents is 1. The highest BCUT2D eigenvalue weighted by atomic mass is 16.3. The van der Waals surface area contributed by atoms with Crippen LogP contribution in [0.4, 0.5) is 0 Å². The van der Waals surface area contributed by atoms with E-state index < -0.39 is 0 Å². The van der Waals surface area contributed by atoms with Gasteiger partial charge in [-0.15, -0.1) is 0 Å². The molecule has 1 nitrogen and oxygen atoms in total. The van der Waals surface area contributed by atoms with Crippen LogP contribution in [0.25, 0.3) is 0 Å². The average molecular weight is 262 g/mol. The van der Waals surface area contributed by atoms with Crippen LogP contribution in [0.5, 0.6) is 5.75 Å². The van der Waals surface area contributed by atoms with Crippen molar-refractivity contribution in [3.63, 3.8) is 0 Å². The Bertz CT molecular complexity index is 410. The SMILES string of the molecule is CCCCCc1cc(C(C)C)c(O)c(C(C)(C)C)c1. The lowest BCUT2D eigenvalue weighted by molar-refractivity contribution is 0.437. The molecule has 0 saturated heterocycles. The first-order valence-electron chi connectivity index (χ1n) is 7.63. The summed E-state index contributed by atoms with van der Waals surface area (Å²) in [4.78, 5) is 0. The molecule has 0 unspecified atom stereocenters. The van der Waals surface area contributed by atoms with Crippen molar-refractivity contribution in [1.29, 1.82) is 0 Å². The van der Waals surface area contributed by atoms with Gasteiger partial charge in [0.15, 0.2) is 0 Å². The molecule has 19 heavy (non-hydrogen) atoms. The quantitative estimate of drug-likeness (QED) is 0.690. The van der Waals surface area contributed by atoms with Crippen LogP contribution >= 0.6 is 0 Å². The molecule has 0 amide bonds. The maximum Gasteiger partial charge on any atom is 0.122 e. The van der Waals surface area contributed by atoms with Crippen LogP contribution < -0.4 is 0 Å². The van der Waals surface area contributed by atoms with E-state index in [1.54, 1.807) is 0 Å². The van der Waals surface area contributed by atoms with E-state index in [0.717, 1.165) is 17.5 Å². The van der Waals surface area contributed by atoms with Crippen molar-refractivity contribution in [3.05, 3.63) is 28.8 Å². The maximum absolute atomic E-state index is 10.5. The van der Waals surface area contributed by atoms with Gasteiger partial charge in [-0.05, 0) is 40.9 Å². The first-order valence-corrected chi connectivity index (χ1v) is 7.63. The molecule has 1 N–H and O–H groups in total. The molecular weight excluding hydrogens is 232 g/mol. The van der Waals surface area contributed by atoms with Gasteiger partial charge in [-0.3, -0.25) is 0 Å². The van der Waals surface area contributed by atoms with Crippen LogP contribution in [0.15, 0.2) is 12.1 Å². The number of hydrogen-bond donors (Lipinski definition) is 1. The minimum atomic E-state index is -0.00547. The zero-order valence-electron chi connectivity index (χ0n) is 13.5. The zero-order chi connectivity index (χ0) is 14.6. The first-order chi connectivity index (χ1) is 8.77. The maximum atomic E-state index is 10.5. The molecule has 0 aliphatic rings. The molecule has 1 aromatic carbocycles. The van der Waals surface area contributed by atoms with Gasteiger partial charge in [-0.1, -0.05) is 66.5 Å². The molecule has 0 spiro atoms. The van der Waals surface area contributed by atoms with Crippen LogP contribution in [0, 0.1) is 0 Å². The molecule has 0 radical (unpaired) electrons. The number of phenols is 1. The molecule has 0 saturated carbocycles. The molecule has 1 aromatic rings. The average Bonchev–Trinajstić information content (AvgIpc) is 2.29. The van der Waals surface area contributed by atoms with Gasteiger partial charge in [0.2, 0.25) is 0 Å². The molecule has 108 valence electrons. The molecule has 1 rings (SSSR count). The third-order valence-corrected chi connectivity index (χ3v) is 3.70. The first kappa shape index (κ1) is 16.1. The Morgan fingerprint density at radius 1 is 1.11 bits per heavy atom. The minimum absolute atomic E-state index is 0.00547. The Balaban J connectivity index is 3.16. The highest BCUT2D eigenvalue weighted by Gasteiger charge is 2.22. The van der Waals surface area contributed by atoms with Crippen LogP contribution in [-0.4, -0.2) is 5.11 Å². The van der Waals surface area contributed by atoms with Crippen molar-refractivity contribution < 1.29 is 5.11 Å². The minimum Gasteiger partial charge on any atom is -0.507 e. The van der Waals surface area contributed by atoms with Gasteiger partial charge >= 0.3 is 0 Å². The molecule has 0 heterocycles. The predicted molar refractivity (Wildman–Crippen MR) is 84.1 cm³/mol. The lowest BCUT2D eigenvalue weighted by Crippen LogP contribution is -2.13. The monoisotopic (exact) mass is 262 g/mol. The fourth-order valence-electron chi connectivity index (χ4n) is 2.45. The number of aromatic hydroxyl groups is 1. The predicted octanol–water partition coefficient (Wildman–Crippen LogP) is 5.55. The largest absolute Gasteiger partial charge is 0.507 e. The van der Waals surface area contributed by atoms with Crippen LogP contribution in [0.2, 0.25) is 0 Å². The Morgan fingerprint density at radius 3 is 2.21 bits per heavy atom. The third kappa shape index (κ3) is 4.26. The lowest BCUT2D eigenvalue weighted by atomic mass is 9.82. The Hall–Kier alpha value is -0.980. The van der Waals surface area contributed by atoms with Crippen molar-refractivity contribution in [1.82, 2.24) is 0 Å². The Kier molecular flexibility index (Phi) is 5.46. The van der Waals surface area contributed by atoms with E-state index in [9.17, 15) is 5.11 Å². The summed E-state index contributed by atoms with van der Waals surface area (Å²) in [5.74, 6) is 0.869. The van der Waals surface area contributed by atoms with Gasteiger partial charge < -0.3 is 5.11 Å². The Morgan fingerprint density at radius 2 is 1.74 bits per heavy atom. The number of aryl methyl sites for hydroxylation is 1. The van der Waals surface area contributed by atoms with Gasteiger partial charge in [0.25, 0.3) is 0 Å². The number of rotatable bonds is 5. The molecule has 0 fully saturated rings. The molecule has 0 aliphatic carbocycles. The normalized spacial score (nSPS) is 12.2. The van der Waals surface area contributed by atoms with Gasteiger partial charge in [0.1, 0.15) is 5.75 Å². The van der Waals surface area contributed by atoms with Crippen molar-refractivity contribution >= 4 is 0 Å². The third-order valence-electron chi connectivity index (χ3n) is 3.70. The van der Waals surface area contributed by atoms with E-state index in [1.807, 2.05) is 0 Å². The summed E-state index contributed by atoms with van der Waals surface area (Å²) >= 11 is 0. The van der Waals surface area contributed by atoms with Crippen molar-refractivity contribution in [2.75, 3.05) is 0 Å². The van der Waals surface area contributed by atoms with Crippen molar-refractivity contribution in [2.24, 2.45) is 0 Å². The number of hydrogen-bond acceptors (Lipinski definition) is 1. The summed E-state index contributed by atoms with van der Waals surface area (Å²) in [5.41, 5.74) is 3.55. The highest BCUT2D eigenvalue weighted by molar-refractivity contribution is 5.48. The van der Waals surface area contributed by atoms with Crippen molar-refractivity contribution in [2.45, 2.75) is 78.6 Å². The number of benzene rings is 1. The van der Waals surface area contributed by atoms with Crippen LogP contribution in [0.1, 0.15) is 83.4 Å². The molecule has 0 bridgehead atoms. The molecule has 0 atom stereocenters. The standard InChI is InChI=1S/C18H30O/c1-7-8-9-10-14-11-15(13(2)3)17(19)16(12-14)18(4,5)6/h11-13,19H,7-10H2,1-6H3. The van der Waals surface area contributed by atoms with E-state index in [1.165, 1.54) is 24.8 Å². The molecule has 0 aromatic heterocycles. The van der Waals surface area contributed by atoms with Gasteiger partial charge in [0, 0.05) is 0 Å². The molecule has 1 heteroatoms. The van der Waals surface area contributed by atoms with Crippen LogP contribution in [0.3, 0.4) is 0 Å². The van der Waals surface area contributed by atoms with E-state index in [2.05, 4.69) is 53.7 Å². The summed E-state index contributed by atoms with van der Waals surface area (Å²) in [5, 5.41) is 10.5. The summed E-state index contributed by atoms with van der Waals surface area (Å²) in [6.07, 6.45) is 4.89. The van der Waals surface area contributed by atoms with Crippen molar-refractivity contribution in [3.8, 4) is 5.75 Å². The summed E-state index contributed by atoms with van der Waals surface area (Å²) in [7, 11) is 0. The second kappa shape index (κ2) is 6.45. The second-order valence-electron chi connectivity index (χ2n) is 6.94. The van der Waals surface area contributed by atoms with Crippen LogP contribution in [-0.2, 0) is 11.8 Å².